The van der Waals surface area contributed by atoms with Gasteiger partial charge in [0.25, 0.3) is 0 Å². The van der Waals surface area contributed by atoms with Gasteiger partial charge in [-0.05, 0) is 46.9 Å². The predicted octanol–water partition coefficient (Wildman–Crippen LogP) is 4.91. The maximum Gasteiger partial charge on any atom is 0.133 e. The van der Waals surface area contributed by atoms with E-state index in [-0.39, 0.29) is 18.6 Å². The molecule has 160 valence electrons. The number of benzene rings is 2. The first-order valence-electron chi connectivity index (χ1n) is 9.92. The second kappa shape index (κ2) is 11.7. The monoisotopic (exact) mass is 436 g/mol. The van der Waals surface area contributed by atoms with Gasteiger partial charge < -0.3 is 19.7 Å². The van der Waals surface area contributed by atoms with E-state index < -0.39 is 10.9 Å². The van der Waals surface area contributed by atoms with Crippen molar-refractivity contribution in [1.29, 1.82) is 0 Å². The summed E-state index contributed by atoms with van der Waals surface area (Å²) in [6, 6.07) is 16.1. The highest BCUT2D eigenvalue weighted by Gasteiger charge is 2.23. The molecule has 2 rings (SSSR count). The van der Waals surface area contributed by atoms with Crippen molar-refractivity contribution in [2.24, 2.45) is 0 Å². The van der Waals surface area contributed by atoms with Gasteiger partial charge in [-0.25, -0.2) is 0 Å². The van der Waals surface area contributed by atoms with E-state index in [4.69, 9.17) is 9.47 Å². The van der Waals surface area contributed by atoms with Crippen LogP contribution in [0.25, 0.3) is 0 Å². The zero-order valence-electron chi connectivity index (χ0n) is 17.6. The molecule has 0 fully saturated rings. The summed E-state index contributed by atoms with van der Waals surface area (Å²) in [5.74, 6) is 3.24. The van der Waals surface area contributed by atoms with Crippen LogP contribution in [0.1, 0.15) is 38.8 Å². The van der Waals surface area contributed by atoms with Crippen molar-refractivity contribution in [3.05, 3.63) is 59.7 Å². The van der Waals surface area contributed by atoms with Crippen LogP contribution in [0.4, 0.5) is 0 Å². The van der Waals surface area contributed by atoms with Crippen LogP contribution in [-0.2, 0) is 5.41 Å². The van der Waals surface area contributed by atoms with Gasteiger partial charge in [-0.1, -0.05) is 52.0 Å². The van der Waals surface area contributed by atoms with Crippen molar-refractivity contribution >= 4 is 23.5 Å². The highest BCUT2D eigenvalue weighted by Crippen LogP contribution is 2.33. The van der Waals surface area contributed by atoms with Crippen LogP contribution >= 0.6 is 23.5 Å². The number of hydrogen-bond donors (Lipinski definition) is 2. The summed E-state index contributed by atoms with van der Waals surface area (Å²) in [5.41, 5.74) is 1.18. The van der Waals surface area contributed by atoms with Crippen LogP contribution in [-0.4, -0.2) is 45.8 Å². The Bertz CT molecular complexity index is 655. The van der Waals surface area contributed by atoms with E-state index in [1.54, 1.807) is 0 Å². The van der Waals surface area contributed by atoms with Gasteiger partial charge >= 0.3 is 0 Å². The molecule has 2 atom stereocenters. The van der Waals surface area contributed by atoms with Gasteiger partial charge in [-0.15, -0.1) is 23.5 Å². The van der Waals surface area contributed by atoms with Crippen molar-refractivity contribution < 1.29 is 19.7 Å². The average molecular weight is 437 g/mol. The molecule has 0 aliphatic carbocycles. The highest BCUT2D eigenvalue weighted by atomic mass is 32.2. The lowest BCUT2D eigenvalue weighted by Crippen LogP contribution is -2.19. The molecule has 0 bridgehead atoms. The molecule has 2 N–H and O–H groups in total. The van der Waals surface area contributed by atoms with E-state index >= 15 is 0 Å². The smallest absolute Gasteiger partial charge is 0.133 e. The number of hydrogen-bond acceptors (Lipinski definition) is 6. The molecule has 0 aliphatic heterocycles. The summed E-state index contributed by atoms with van der Waals surface area (Å²) in [5, 5.41) is 19.5. The topological polar surface area (TPSA) is 58.9 Å². The van der Waals surface area contributed by atoms with Gasteiger partial charge in [-0.2, -0.15) is 0 Å². The lowest BCUT2D eigenvalue weighted by Gasteiger charge is -2.26. The molecule has 29 heavy (non-hydrogen) atoms. The van der Waals surface area contributed by atoms with E-state index in [9.17, 15) is 10.2 Å². The number of rotatable bonds is 12. The van der Waals surface area contributed by atoms with Gasteiger partial charge in [0.2, 0.25) is 0 Å². The molecule has 0 spiro atoms. The van der Waals surface area contributed by atoms with Crippen molar-refractivity contribution in [1.82, 2.24) is 0 Å². The molecule has 2 aromatic rings. The van der Waals surface area contributed by atoms with E-state index in [1.165, 1.54) is 34.7 Å². The summed E-state index contributed by atoms with van der Waals surface area (Å²) in [6.45, 7) is 8.96. The zero-order valence-corrected chi connectivity index (χ0v) is 19.3. The van der Waals surface area contributed by atoms with Crippen LogP contribution in [0, 0.1) is 0 Å². The summed E-state index contributed by atoms with van der Waals surface area (Å²) in [6.07, 6.45) is 0. The standard InChI is InChI=1S/C23H32O4S2/c1-5-28-21(24)15-26-19-11-7-17(8-12-19)23(3,4)18-9-13-20(14-10-18)27-16-22(25)29-6-2/h7-14,21-22,24-25H,5-6,15-16H2,1-4H3. The Kier molecular flexibility index (Phi) is 9.69. The van der Waals surface area contributed by atoms with Crippen LogP contribution in [0.2, 0.25) is 0 Å². The Labute approximate surface area is 183 Å². The molecule has 6 heteroatoms. The first-order valence-corrected chi connectivity index (χ1v) is 12.0. The maximum atomic E-state index is 9.77. The van der Waals surface area contributed by atoms with Gasteiger partial charge in [0.05, 0.1) is 0 Å². The number of ether oxygens (including phenoxy) is 2. The summed E-state index contributed by atoms with van der Waals surface area (Å²) < 4.78 is 11.3. The van der Waals surface area contributed by atoms with Crippen LogP contribution < -0.4 is 9.47 Å². The predicted molar refractivity (Wildman–Crippen MR) is 124 cm³/mol. The van der Waals surface area contributed by atoms with Crippen molar-refractivity contribution in [2.75, 3.05) is 24.7 Å². The van der Waals surface area contributed by atoms with Crippen LogP contribution in [0.15, 0.2) is 48.5 Å². The minimum atomic E-state index is -0.501. The molecule has 2 unspecified atom stereocenters. The average Bonchev–Trinajstić information content (AvgIpc) is 2.72. The molecule has 0 heterocycles. The summed E-state index contributed by atoms with van der Waals surface area (Å²) >= 11 is 2.94. The molecular formula is C23H32O4S2. The number of aliphatic hydroxyl groups is 2. The second-order valence-electron chi connectivity index (χ2n) is 7.12. The third-order valence-electron chi connectivity index (χ3n) is 4.66. The minimum absolute atomic E-state index is 0.174. The van der Waals surface area contributed by atoms with Gasteiger partial charge in [0.1, 0.15) is 35.6 Å². The Morgan fingerprint density at radius 3 is 1.38 bits per heavy atom. The molecule has 0 aliphatic rings. The normalized spacial score (nSPS) is 13.7. The quantitative estimate of drug-likeness (QED) is 0.461. The molecule has 0 amide bonds. The Morgan fingerprint density at radius 2 is 1.07 bits per heavy atom. The van der Waals surface area contributed by atoms with Crippen molar-refractivity contribution in [3.63, 3.8) is 0 Å². The molecule has 0 radical (unpaired) electrons. The second-order valence-corrected chi connectivity index (χ2v) is 10.0. The molecule has 0 saturated carbocycles. The lowest BCUT2D eigenvalue weighted by atomic mass is 9.78. The first kappa shape index (κ1) is 23.9. The zero-order chi connectivity index (χ0) is 21.3. The first-order chi connectivity index (χ1) is 13.9. The minimum Gasteiger partial charge on any atom is -0.490 e. The van der Waals surface area contributed by atoms with Crippen molar-refractivity contribution in [2.45, 2.75) is 44.0 Å². The largest absolute Gasteiger partial charge is 0.490 e. The third-order valence-corrected chi connectivity index (χ3v) is 6.36. The fourth-order valence-corrected chi connectivity index (χ4v) is 4.02. The highest BCUT2D eigenvalue weighted by molar-refractivity contribution is 7.99. The summed E-state index contributed by atoms with van der Waals surface area (Å²) in [4.78, 5) is 0. The fourth-order valence-electron chi connectivity index (χ4n) is 2.92. The Hall–Kier alpha value is -1.34. The molecule has 0 aromatic heterocycles. The molecule has 2 aromatic carbocycles. The fraction of sp³-hybridized carbons (Fsp3) is 0.478. The van der Waals surface area contributed by atoms with Gasteiger partial charge in [0, 0.05) is 5.41 Å². The van der Waals surface area contributed by atoms with E-state index in [2.05, 4.69) is 38.1 Å². The lowest BCUT2D eigenvalue weighted by molar-refractivity contribution is 0.175. The van der Waals surface area contributed by atoms with Crippen molar-refractivity contribution in [3.8, 4) is 11.5 Å². The van der Waals surface area contributed by atoms with E-state index in [1.807, 2.05) is 38.1 Å². The Morgan fingerprint density at radius 1 is 0.724 bits per heavy atom. The molecule has 0 saturated heterocycles. The molecular weight excluding hydrogens is 404 g/mol. The van der Waals surface area contributed by atoms with E-state index in [0.29, 0.717) is 0 Å². The van der Waals surface area contributed by atoms with Gasteiger partial charge in [-0.3, -0.25) is 0 Å². The van der Waals surface area contributed by atoms with E-state index in [0.717, 1.165) is 23.0 Å². The Balaban J connectivity index is 1.98. The maximum absolute atomic E-state index is 9.77. The summed E-state index contributed by atoms with van der Waals surface area (Å²) in [7, 11) is 0. The van der Waals surface area contributed by atoms with Crippen LogP contribution in [0.3, 0.4) is 0 Å². The number of aliphatic hydroxyl groups excluding tert-OH is 2. The molecule has 4 nitrogen and oxygen atoms in total. The number of thioether (sulfide) groups is 2. The third kappa shape index (κ3) is 7.45. The van der Waals surface area contributed by atoms with Crippen LogP contribution in [0.5, 0.6) is 11.5 Å². The SMILES string of the molecule is CCSC(O)COc1ccc(C(C)(C)c2ccc(OCC(O)SCC)cc2)cc1. The van der Waals surface area contributed by atoms with Gasteiger partial charge in [0.15, 0.2) is 0 Å².